The Balaban J connectivity index is 4.86. The molecule has 0 aliphatic carbocycles. The summed E-state index contributed by atoms with van der Waals surface area (Å²) in [5.74, 6) is 0.323. The van der Waals surface area contributed by atoms with E-state index in [-0.39, 0.29) is 5.78 Å². The fourth-order valence-corrected chi connectivity index (χ4v) is 1.40. The third-order valence-electron chi connectivity index (χ3n) is 2.89. The molecule has 0 saturated heterocycles. The van der Waals surface area contributed by atoms with Crippen molar-refractivity contribution in [3.8, 4) is 0 Å². The van der Waals surface area contributed by atoms with Gasteiger partial charge in [-0.05, 0) is 40.5 Å². The lowest BCUT2D eigenvalue weighted by atomic mass is 10.1. The Kier molecular flexibility index (Phi) is 6.36. The third-order valence-corrected chi connectivity index (χ3v) is 2.89. The largest absolute Gasteiger partial charge is 0.444 e. The summed E-state index contributed by atoms with van der Waals surface area (Å²) < 4.78 is 5.35. The molecule has 0 saturated carbocycles. The summed E-state index contributed by atoms with van der Waals surface area (Å²) in [5, 5.41) is 0. The number of ether oxygens (including phenoxy) is 1. The van der Waals surface area contributed by atoms with Gasteiger partial charge in [-0.3, -0.25) is 9.69 Å². The van der Waals surface area contributed by atoms with Crippen molar-refractivity contribution in [2.24, 2.45) is 5.92 Å². The molecule has 0 rings (SSSR count). The van der Waals surface area contributed by atoms with Crippen LogP contribution in [0.1, 0.15) is 54.9 Å². The minimum Gasteiger partial charge on any atom is -0.444 e. The number of hydrogen-bond acceptors (Lipinski definition) is 3. The normalized spacial score (nSPS) is 14.8. The average molecular weight is 257 g/mol. The zero-order chi connectivity index (χ0) is 14.5. The Morgan fingerprint density at radius 3 is 2.06 bits per heavy atom. The van der Waals surface area contributed by atoms with Gasteiger partial charge < -0.3 is 4.74 Å². The number of carbonyl (C=O) groups excluding carboxylic acids is 2. The molecule has 0 aromatic heterocycles. The molecular formula is C14H27NO3. The van der Waals surface area contributed by atoms with Gasteiger partial charge in [0.05, 0.1) is 6.04 Å². The fraction of sp³-hybridized carbons (Fsp3) is 0.857. The van der Waals surface area contributed by atoms with Gasteiger partial charge in [0.1, 0.15) is 5.60 Å². The molecule has 0 aliphatic rings. The summed E-state index contributed by atoms with van der Waals surface area (Å²) in [4.78, 5) is 25.1. The summed E-state index contributed by atoms with van der Waals surface area (Å²) in [5.41, 5.74) is -0.540. The first-order valence-corrected chi connectivity index (χ1v) is 6.58. The molecule has 0 N–H and O–H groups in total. The number of hydrogen-bond donors (Lipinski definition) is 0. The number of rotatable bonds is 5. The van der Waals surface area contributed by atoms with Gasteiger partial charge in [0, 0.05) is 6.54 Å². The molecule has 1 amide bonds. The highest BCUT2D eigenvalue weighted by Crippen LogP contribution is 2.15. The van der Waals surface area contributed by atoms with Crippen LogP contribution in [0, 0.1) is 5.92 Å². The minimum absolute atomic E-state index is 0.0239. The zero-order valence-electron chi connectivity index (χ0n) is 12.7. The van der Waals surface area contributed by atoms with Gasteiger partial charge in [0.15, 0.2) is 5.78 Å². The Labute approximate surface area is 111 Å². The second-order valence-corrected chi connectivity index (χ2v) is 5.93. The van der Waals surface area contributed by atoms with E-state index in [4.69, 9.17) is 4.74 Å². The van der Waals surface area contributed by atoms with Crippen molar-refractivity contribution < 1.29 is 14.3 Å². The number of Topliss-reactive ketones (excluding diaryl/α,β-unsaturated/α-hetero) is 1. The van der Waals surface area contributed by atoms with Gasteiger partial charge in [-0.25, -0.2) is 4.79 Å². The van der Waals surface area contributed by atoms with E-state index in [0.29, 0.717) is 12.5 Å². The van der Waals surface area contributed by atoms with E-state index in [2.05, 4.69) is 13.8 Å². The molecule has 0 heterocycles. The molecule has 0 spiro atoms. The van der Waals surface area contributed by atoms with Gasteiger partial charge >= 0.3 is 6.09 Å². The van der Waals surface area contributed by atoms with Gasteiger partial charge in [-0.1, -0.05) is 20.3 Å². The van der Waals surface area contributed by atoms with Crippen LogP contribution in [0.15, 0.2) is 0 Å². The molecule has 0 aromatic carbocycles. The topological polar surface area (TPSA) is 46.6 Å². The smallest absolute Gasteiger partial charge is 0.410 e. The van der Waals surface area contributed by atoms with E-state index < -0.39 is 17.7 Å². The molecule has 18 heavy (non-hydrogen) atoms. The molecule has 2 unspecified atom stereocenters. The van der Waals surface area contributed by atoms with Crippen molar-refractivity contribution in [2.75, 3.05) is 6.54 Å². The molecule has 2 atom stereocenters. The number of nitrogens with zero attached hydrogens (tertiary/aromatic N) is 1. The lowest BCUT2D eigenvalue weighted by Crippen LogP contribution is -2.46. The van der Waals surface area contributed by atoms with Crippen molar-refractivity contribution in [2.45, 2.75) is 66.5 Å². The zero-order valence-corrected chi connectivity index (χ0v) is 12.7. The quantitative estimate of drug-likeness (QED) is 0.759. The Bertz CT molecular complexity index is 294. The van der Waals surface area contributed by atoms with Gasteiger partial charge in [0.2, 0.25) is 0 Å². The maximum atomic E-state index is 12.1. The highest BCUT2D eigenvalue weighted by atomic mass is 16.6. The van der Waals surface area contributed by atoms with E-state index >= 15 is 0 Å². The number of amides is 1. The monoisotopic (exact) mass is 257 g/mol. The second-order valence-electron chi connectivity index (χ2n) is 5.93. The predicted molar refractivity (Wildman–Crippen MR) is 72.5 cm³/mol. The predicted octanol–water partition coefficient (Wildman–Crippen LogP) is 3.25. The molecule has 0 aromatic rings. The highest BCUT2D eigenvalue weighted by molar-refractivity contribution is 5.85. The summed E-state index contributed by atoms with van der Waals surface area (Å²) >= 11 is 0. The maximum Gasteiger partial charge on any atom is 0.410 e. The summed E-state index contributed by atoms with van der Waals surface area (Å²) in [6.07, 6.45) is 0.551. The van der Waals surface area contributed by atoms with Gasteiger partial charge in [-0.15, -0.1) is 0 Å². The molecule has 0 radical (unpaired) electrons. The molecule has 0 aliphatic heterocycles. The second kappa shape index (κ2) is 6.76. The molecule has 4 heteroatoms. The van der Waals surface area contributed by atoms with Crippen LogP contribution in [0.3, 0.4) is 0 Å². The Hall–Kier alpha value is -1.06. The van der Waals surface area contributed by atoms with Crippen molar-refractivity contribution in [1.82, 2.24) is 4.90 Å². The van der Waals surface area contributed by atoms with Crippen LogP contribution in [-0.4, -0.2) is 35.0 Å². The first-order valence-electron chi connectivity index (χ1n) is 6.58. The van der Waals surface area contributed by atoms with Crippen LogP contribution >= 0.6 is 0 Å². The van der Waals surface area contributed by atoms with Crippen molar-refractivity contribution in [3.63, 3.8) is 0 Å². The molecule has 0 bridgehead atoms. The third kappa shape index (κ3) is 6.03. The van der Waals surface area contributed by atoms with Crippen LogP contribution in [0.2, 0.25) is 0 Å². The van der Waals surface area contributed by atoms with Crippen molar-refractivity contribution in [3.05, 3.63) is 0 Å². The number of ketones is 1. The first kappa shape index (κ1) is 16.9. The molecule has 4 nitrogen and oxygen atoms in total. The Morgan fingerprint density at radius 2 is 1.72 bits per heavy atom. The summed E-state index contributed by atoms with van der Waals surface area (Å²) in [6, 6.07) is -0.436. The molecule has 106 valence electrons. The van der Waals surface area contributed by atoms with E-state index in [1.165, 1.54) is 11.8 Å². The standard InChI is InChI=1S/C14H27NO3/c1-8-10(2)9-15(11(3)12(4)16)13(17)18-14(5,6)7/h10-11H,8-9H2,1-7H3. The lowest BCUT2D eigenvalue weighted by molar-refractivity contribution is -0.121. The average Bonchev–Trinajstić information content (AvgIpc) is 2.21. The van der Waals surface area contributed by atoms with Gasteiger partial charge in [0.25, 0.3) is 0 Å². The maximum absolute atomic E-state index is 12.1. The van der Waals surface area contributed by atoms with E-state index in [0.717, 1.165) is 6.42 Å². The fourth-order valence-electron chi connectivity index (χ4n) is 1.40. The lowest BCUT2D eigenvalue weighted by Gasteiger charge is -2.32. The van der Waals surface area contributed by atoms with Gasteiger partial charge in [-0.2, -0.15) is 0 Å². The van der Waals surface area contributed by atoms with Crippen LogP contribution in [0.25, 0.3) is 0 Å². The van der Waals surface area contributed by atoms with Crippen molar-refractivity contribution in [1.29, 1.82) is 0 Å². The van der Waals surface area contributed by atoms with Crippen LogP contribution in [0.5, 0.6) is 0 Å². The SMILES string of the molecule is CCC(C)CN(C(=O)OC(C)(C)C)C(C)C(C)=O. The molecular weight excluding hydrogens is 230 g/mol. The summed E-state index contributed by atoms with van der Waals surface area (Å²) in [6.45, 7) is 13.4. The van der Waals surface area contributed by atoms with Crippen LogP contribution < -0.4 is 0 Å². The summed E-state index contributed by atoms with van der Waals surface area (Å²) in [7, 11) is 0. The van der Waals surface area contributed by atoms with Crippen LogP contribution in [0.4, 0.5) is 4.79 Å². The number of carbonyl (C=O) groups is 2. The van der Waals surface area contributed by atoms with E-state index in [1.807, 2.05) is 20.8 Å². The van der Waals surface area contributed by atoms with Crippen LogP contribution in [-0.2, 0) is 9.53 Å². The first-order chi connectivity index (χ1) is 8.08. The molecule has 0 fully saturated rings. The minimum atomic E-state index is -0.540. The van der Waals surface area contributed by atoms with E-state index in [1.54, 1.807) is 6.92 Å². The van der Waals surface area contributed by atoms with E-state index in [9.17, 15) is 9.59 Å². The Morgan fingerprint density at radius 1 is 1.22 bits per heavy atom. The highest BCUT2D eigenvalue weighted by Gasteiger charge is 2.28. The van der Waals surface area contributed by atoms with Crippen molar-refractivity contribution >= 4 is 11.9 Å².